The molecule has 1 unspecified atom stereocenters. The number of hydrazine groups is 1. The van der Waals surface area contributed by atoms with E-state index in [4.69, 9.17) is 13.9 Å². The van der Waals surface area contributed by atoms with Crippen molar-refractivity contribution in [1.29, 1.82) is 0 Å². The van der Waals surface area contributed by atoms with Crippen molar-refractivity contribution < 1.29 is 23.5 Å². The van der Waals surface area contributed by atoms with Gasteiger partial charge in [0.2, 0.25) is 0 Å². The standard InChI is InChI=1S/C19H24N2O5/c1-6-24-15-7-9-16(10-8-15)26-14(5)18(22)20-21-19(23)17-11(2)12(3)25-13(17)4/h7-10,14H,6H2,1-5H3,(H,20,22)(H,21,23). The van der Waals surface area contributed by atoms with Gasteiger partial charge in [0, 0.05) is 5.56 Å². The average Bonchev–Trinajstić information content (AvgIpc) is 2.86. The van der Waals surface area contributed by atoms with Crippen molar-refractivity contribution in [2.75, 3.05) is 6.61 Å². The van der Waals surface area contributed by atoms with Crippen molar-refractivity contribution in [2.45, 2.75) is 40.7 Å². The Morgan fingerprint density at radius 2 is 1.65 bits per heavy atom. The van der Waals surface area contributed by atoms with Gasteiger partial charge in [-0.25, -0.2) is 0 Å². The second kappa shape index (κ2) is 8.42. The molecule has 0 saturated carbocycles. The Kier molecular flexibility index (Phi) is 6.27. The summed E-state index contributed by atoms with van der Waals surface area (Å²) in [6.07, 6.45) is -0.790. The van der Waals surface area contributed by atoms with Crippen molar-refractivity contribution in [3.8, 4) is 11.5 Å². The molecule has 1 heterocycles. The fourth-order valence-corrected chi connectivity index (χ4v) is 2.45. The first-order valence-electron chi connectivity index (χ1n) is 8.39. The minimum Gasteiger partial charge on any atom is -0.494 e. The number of nitrogens with one attached hydrogen (secondary N) is 2. The smallest absolute Gasteiger partial charge is 0.279 e. The third-order valence-electron chi connectivity index (χ3n) is 3.90. The lowest BCUT2D eigenvalue weighted by Gasteiger charge is -2.15. The van der Waals surface area contributed by atoms with Crippen molar-refractivity contribution >= 4 is 11.8 Å². The van der Waals surface area contributed by atoms with Crippen molar-refractivity contribution in [1.82, 2.24) is 10.9 Å². The molecular weight excluding hydrogens is 336 g/mol. The Morgan fingerprint density at radius 3 is 2.19 bits per heavy atom. The Bertz CT molecular complexity index is 780. The van der Waals surface area contributed by atoms with E-state index >= 15 is 0 Å². The number of ether oxygens (including phenoxy) is 2. The summed E-state index contributed by atoms with van der Waals surface area (Å²) in [5, 5.41) is 0. The topological polar surface area (TPSA) is 89.8 Å². The SMILES string of the molecule is CCOc1ccc(OC(C)C(=O)NNC(=O)c2c(C)oc(C)c2C)cc1. The van der Waals surface area contributed by atoms with E-state index in [-0.39, 0.29) is 0 Å². The lowest BCUT2D eigenvalue weighted by Crippen LogP contribution is -2.47. The van der Waals surface area contributed by atoms with E-state index in [1.807, 2.05) is 6.92 Å². The van der Waals surface area contributed by atoms with Gasteiger partial charge < -0.3 is 13.9 Å². The predicted molar refractivity (Wildman–Crippen MR) is 96.2 cm³/mol. The number of furan rings is 1. The van der Waals surface area contributed by atoms with Gasteiger partial charge in [0.05, 0.1) is 12.2 Å². The van der Waals surface area contributed by atoms with Crippen LogP contribution in [0.3, 0.4) is 0 Å². The molecule has 0 fully saturated rings. The second-order valence-electron chi connectivity index (χ2n) is 5.82. The zero-order valence-electron chi connectivity index (χ0n) is 15.6. The molecule has 2 amide bonds. The Hall–Kier alpha value is -2.96. The first kappa shape index (κ1) is 19.4. The van der Waals surface area contributed by atoms with Crippen LogP contribution in [-0.2, 0) is 4.79 Å². The van der Waals surface area contributed by atoms with Gasteiger partial charge >= 0.3 is 0 Å². The van der Waals surface area contributed by atoms with Gasteiger partial charge in [0.1, 0.15) is 23.0 Å². The maximum absolute atomic E-state index is 12.2. The molecular formula is C19H24N2O5. The van der Waals surface area contributed by atoms with Crippen molar-refractivity contribution in [3.05, 3.63) is 46.9 Å². The molecule has 1 atom stereocenters. The fourth-order valence-electron chi connectivity index (χ4n) is 2.45. The lowest BCUT2D eigenvalue weighted by atomic mass is 10.1. The second-order valence-corrected chi connectivity index (χ2v) is 5.82. The van der Waals surface area contributed by atoms with Gasteiger partial charge in [-0.05, 0) is 58.9 Å². The van der Waals surface area contributed by atoms with E-state index in [1.54, 1.807) is 52.0 Å². The van der Waals surface area contributed by atoms with Crippen LogP contribution < -0.4 is 20.3 Å². The minimum atomic E-state index is -0.790. The van der Waals surface area contributed by atoms with E-state index in [9.17, 15) is 9.59 Å². The highest BCUT2D eigenvalue weighted by atomic mass is 16.5. The van der Waals surface area contributed by atoms with Crippen LogP contribution in [0.1, 0.15) is 41.3 Å². The Morgan fingerprint density at radius 1 is 1.04 bits per heavy atom. The summed E-state index contributed by atoms with van der Waals surface area (Å²) in [6.45, 7) is 9.35. The van der Waals surface area contributed by atoms with Crippen LogP contribution in [0, 0.1) is 20.8 Å². The number of benzene rings is 1. The molecule has 2 aromatic rings. The normalized spacial score (nSPS) is 11.6. The number of rotatable bonds is 6. The monoisotopic (exact) mass is 360 g/mol. The van der Waals surface area contributed by atoms with E-state index in [0.29, 0.717) is 29.4 Å². The number of aryl methyl sites for hydroxylation is 2. The average molecular weight is 360 g/mol. The molecule has 2 N–H and O–H groups in total. The molecule has 0 aliphatic rings. The highest BCUT2D eigenvalue weighted by Crippen LogP contribution is 2.20. The molecule has 26 heavy (non-hydrogen) atoms. The van der Waals surface area contributed by atoms with Gasteiger partial charge in [-0.1, -0.05) is 0 Å². The predicted octanol–water partition coefficient (Wildman–Crippen LogP) is 2.83. The van der Waals surface area contributed by atoms with E-state index in [0.717, 1.165) is 11.3 Å². The first-order valence-corrected chi connectivity index (χ1v) is 8.39. The summed E-state index contributed by atoms with van der Waals surface area (Å²) < 4.78 is 16.3. The summed E-state index contributed by atoms with van der Waals surface area (Å²) in [7, 11) is 0. The molecule has 2 rings (SSSR count). The van der Waals surface area contributed by atoms with Crippen LogP contribution in [-0.4, -0.2) is 24.5 Å². The molecule has 0 spiro atoms. The van der Waals surface area contributed by atoms with Crippen LogP contribution in [0.5, 0.6) is 11.5 Å². The lowest BCUT2D eigenvalue weighted by molar-refractivity contribution is -0.128. The summed E-state index contributed by atoms with van der Waals surface area (Å²) >= 11 is 0. The third-order valence-corrected chi connectivity index (χ3v) is 3.90. The van der Waals surface area contributed by atoms with E-state index < -0.39 is 17.9 Å². The molecule has 0 aliphatic carbocycles. The summed E-state index contributed by atoms with van der Waals surface area (Å²) in [5.41, 5.74) is 5.92. The Labute approximate surface area is 152 Å². The van der Waals surface area contributed by atoms with Crippen LogP contribution in [0.15, 0.2) is 28.7 Å². The quantitative estimate of drug-likeness (QED) is 0.773. The molecule has 7 heteroatoms. The highest BCUT2D eigenvalue weighted by molar-refractivity contribution is 5.98. The highest BCUT2D eigenvalue weighted by Gasteiger charge is 2.20. The van der Waals surface area contributed by atoms with Gasteiger partial charge in [-0.3, -0.25) is 20.4 Å². The van der Waals surface area contributed by atoms with Crippen LogP contribution in [0.25, 0.3) is 0 Å². The van der Waals surface area contributed by atoms with E-state index in [2.05, 4.69) is 10.9 Å². The van der Waals surface area contributed by atoms with Gasteiger partial charge in [-0.2, -0.15) is 0 Å². The molecule has 7 nitrogen and oxygen atoms in total. The number of hydrogen-bond acceptors (Lipinski definition) is 5. The maximum Gasteiger partial charge on any atom is 0.279 e. The van der Waals surface area contributed by atoms with Crippen LogP contribution in [0.2, 0.25) is 0 Å². The van der Waals surface area contributed by atoms with Gasteiger partial charge in [0.15, 0.2) is 6.10 Å². The molecule has 1 aromatic carbocycles. The van der Waals surface area contributed by atoms with E-state index in [1.165, 1.54) is 0 Å². The molecule has 1 aromatic heterocycles. The summed E-state index contributed by atoms with van der Waals surface area (Å²) in [6, 6.07) is 6.96. The molecule has 140 valence electrons. The Balaban J connectivity index is 1.89. The summed E-state index contributed by atoms with van der Waals surface area (Å²) in [5.74, 6) is 1.53. The van der Waals surface area contributed by atoms with Crippen LogP contribution >= 0.6 is 0 Å². The first-order chi connectivity index (χ1) is 12.3. The number of amides is 2. The number of carbonyl (C=O) groups excluding carboxylic acids is 2. The van der Waals surface area contributed by atoms with Crippen molar-refractivity contribution in [2.24, 2.45) is 0 Å². The van der Waals surface area contributed by atoms with Gasteiger partial charge in [-0.15, -0.1) is 0 Å². The largest absolute Gasteiger partial charge is 0.494 e. The van der Waals surface area contributed by atoms with Gasteiger partial charge in [0.25, 0.3) is 11.8 Å². The molecule has 0 bridgehead atoms. The number of carbonyl (C=O) groups is 2. The van der Waals surface area contributed by atoms with Crippen LogP contribution in [0.4, 0.5) is 0 Å². The van der Waals surface area contributed by atoms with Crippen molar-refractivity contribution in [3.63, 3.8) is 0 Å². The molecule has 0 aliphatic heterocycles. The molecule has 0 saturated heterocycles. The third kappa shape index (κ3) is 4.56. The maximum atomic E-state index is 12.2. The minimum absolute atomic E-state index is 0.419. The fraction of sp³-hybridized carbons (Fsp3) is 0.368. The summed E-state index contributed by atoms with van der Waals surface area (Å²) in [4.78, 5) is 24.4. The zero-order chi connectivity index (χ0) is 19.3. The zero-order valence-corrected chi connectivity index (χ0v) is 15.6. The number of hydrogen-bond donors (Lipinski definition) is 2. The molecule has 0 radical (unpaired) electrons.